The number of carbonyl (C=O) groups is 1. The Labute approximate surface area is 109 Å². The zero-order valence-corrected chi connectivity index (χ0v) is 10.7. The Hall–Kier alpha value is -1.86. The van der Waals surface area contributed by atoms with Crippen molar-refractivity contribution in [2.24, 2.45) is 0 Å². The van der Waals surface area contributed by atoms with Crippen molar-refractivity contribution in [2.45, 2.75) is 0 Å². The third-order valence-electron chi connectivity index (χ3n) is 2.18. The van der Waals surface area contributed by atoms with E-state index < -0.39 is 0 Å². The van der Waals surface area contributed by atoms with Gasteiger partial charge in [0.1, 0.15) is 16.4 Å². The molecule has 2 N–H and O–H groups in total. The summed E-state index contributed by atoms with van der Waals surface area (Å²) >= 11 is 1.38. The van der Waals surface area contributed by atoms with Crippen LogP contribution in [0.25, 0.3) is 10.7 Å². The summed E-state index contributed by atoms with van der Waals surface area (Å²) in [6.45, 7) is 1.31. The molecule has 2 aromatic rings. The van der Waals surface area contributed by atoms with Gasteiger partial charge >= 0.3 is 0 Å². The molecule has 0 aliphatic rings. The first kappa shape index (κ1) is 12.6. The van der Waals surface area contributed by atoms with E-state index >= 15 is 0 Å². The second-order valence-corrected chi connectivity index (χ2v) is 4.35. The molecule has 0 spiro atoms. The second kappa shape index (κ2) is 6.18. The lowest BCUT2D eigenvalue weighted by molar-refractivity contribution is 0.0950. The van der Waals surface area contributed by atoms with Gasteiger partial charge in [0, 0.05) is 30.9 Å². The molecule has 0 aromatic carbocycles. The maximum atomic E-state index is 11.7. The highest BCUT2D eigenvalue weighted by molar-refractivity contribution is 7.13. The monoisotopic (exact) mass is 263 g/mol. The molecular formula is C11H13N5OS. The minimum absolute atomic E-state index is 0.170. The molecule has 0 unspecified atom stereocenters. The summed E-state index contributed by atoms with van der Waals surface area (Å²) in [5.41, 5.74) is 1.09. The Morgan fingerprint density at radius 2 is 2.28 bits per heavy atom. The van der Waals surface area contributed by atoms with E-state index in [2.05, 4.69) is 25.6 Å². The lowest BCUT2D eigenvalue weighted by Crippen LogP contribution is -2.30. The molecule has 94 valence electrons. The third-order valence-corrected chi connectivity index (χ3v) is 3.04. The van der Waals surface area contributed by atoms with E-state index in [1.807, 2.05) is 7.05 Å². The van der Waals surface area contributed by atoms with Crippen LogP contribution in [0, 0.1) is 0 Å². The fraction of sp³-hybridized carbons (Fsp3) is 0.273. The van der Waals surface area contributed by atoms with Crippen molar-refractivity contribution in [3.63, 3.8) is 0 Å². The molecule has 2 rings (SSSR count). The maximum absolute atomic E-state index is 11.7. The van der Waals surface area contributed by atoms with Crippen LogP contribution in [0.1, 0.15) is 10.5 Å². The predicted molar refractivity (Wildman–Crippen MR) is 69.4 cm³/mol. The van der Waals surface area contributed by atoms with E-state index in [1.165, 1.54) is 11.3 Å². The molecule has 0 saturated carbocycles. The SMILES string of the molecule is CNCCNC(=O)c1csc(-c2cnccn2)n1. The van der Waals surface area contributed by atoms with Gasteiger partial charge in [-0.25, -0.2) is 4.98 Å². The number of thiazole rings is 1. The molecule has 2 aromatic heterocycles. The zero-order valence-electron chi connectivity index (χ0n) is 9.88. The molecular weight excluding hydrogens is 250 g/mol. The van der Waals surface area contributed by atoms with Gasteiger partial charge in [-0.1, -0.05) is 0 Å². The topological polar surface area (TPSA) is 79.8 Å². The van der Waals surface area contributed by atoms with Crippen molar-refractivity contribution < 1.29 is 4.79 Å². The fourth-order valence-electron chi connectivity index (χ4n) is 1.30. The number of hydrogen-bond acceptors (Lipinski definition) is 6. The summed E-state index contributed by atoms with van der Waals surface area (Å²) in [5.74, 6) is -0.170. The van der Waals surface area contributed by atoms with Gasteiger partial charge in [0.2, 0.25) is 0 Å². The van der Waals surface area contributed by atoms with Crippen LogP contribution in [-0.2, 0) is 0 Å². The molecule has 0 atom stereocenters. The Kier molecular flexibility index (Phi) is 4.32. The Morgan fingerprint density at radius 1 is 1.39 bits per heavy atom. The molecule has 0 saturated heterocycles. The highest BCUT2D eigenvalue weighted by Gasteiger charge is 2.11. The van der Waals surface area contributed by atoms with E-state index in [0.29, 0.717) is 22.9 Å². The molecule has 0 aliphatic heterocycles. The van der Waals surface area contributed by atoms with Crippen molar-refractivity contribution in [2.75, 3.05) is 20.1 Å². The van der Waals surface area contributed by atoms with Crippen molar-refractivity contribution in [1.29, 1.82) is 0 Å². The molecule has 7 heteroatoms. The van der Waals surface area contributed by atoms with Crippen molar-refractivity contribution >= 4 is 17.2 Å². The van der Waals surface area contributed by atoms with Crippen LogP contribution >= 0.6 is 11.3 Å². The second-order valence-electron chi connectivity index (χ2n) is 3.49. The van der Waals surface area contributed by atoms with Crippen molar-refractivity contribution in [1.82, 2.24) is 25.6 Å². The van der Waals surface area contributed by atoms with Gasteiger partial charge in [0.15, 0.2) is 0 Å². The minimum Gasteiger partial charge on any atom is -0.349 e. The van der Waals surface area contributed by atoms with Crippen LogP contribution in [0.4, 0.5) is 0 Å². The van der Waals surface area contributed by atoms with E-state index in [1.54, 1.807) is 24.0 Å². The van der Waals surface area contributed by atoms with E-state index in [0.717, 1.165) is 6.54 Å². The first-order valence-electron chi connectivity index (χ1n) is 5.46. The van der Waals surface area contributed by atoms with Crippen LogP contribution in [0.2, 0.25) is 0 Å². The van der Waals surface area contributed by atoms with Gasteiger partial charge in [-0.05, 0) is 7.05 Å². The molecule has 0 fully saturated rings. The van der Waals surface area contributed by atoms with Gasteiger partial charge in [0.05, 0.1) is 6.20 Å². The Bertz CT molecular complexity index is 513. The number of rotatable bonds is 5. The van der Waals surface area contributed by atoms with Crippen molar-refractivity contribution in [3.05, 3.63) is 29.7 Å². The highest BCUT2D eigenvalue weighted by atomic mass is 32.1. The molecule has 1 amide bonds. The van der Waals surface area contributed by atoms with Crippen LogP contribution in [0.5, 0.6) is 0 Å². The normalized spacial score (nSPS) is 10.3. The number of nitrogens with zero attached hydrogens (tertiary/aromatic N) is 3. The lowest BCUT2D eigenvalue weighted by Gasteiger charge is -2.01. The number of amides is 1. The quantitative estimate of drug-likeness (QED) is 0.770. The average molecular weight is 263 g/mol. The third kappa shape index (κ3) is 3.08. The molecule has 0 aliphatic carbocycles. The summed E-state index contributed by atoms with van der Waals surface area (Å²) in [6.07, 6.45) is 4.83. The number of nitrogens with one attached hydrogen (secondary N) is 2. The van der Waals surface area contributed by atoms with Crippen LogP contribution in [0.15, 0.2) is 24.0 Å². The van der Waals surface area contributed by atoms with Crippen LogP contribution in [-0.4, -0.2) is 41.0 Å². The summed E-state index contributed by atoms with van der Waals surface area (Å²) < 4.78 is 0. The lowest BCUT2D eigenvalue weighted by atomic mass is 10.4. The number of hydrogen-bond donors (Lipinski definition) is 2. The van der Waals surface area contributed by atoms with Crippen LogP contribution in [0.3, 0.4) is 0 Å². The largest absolute Gasteiger partial charge is 0.349 e. The summed E-state index contributed by atoms with van der Waals surface area (Å²) in [7, 11) is 1.83. The standard InChI is InChI=1S/C11H13N5OS/c1-12-2-4-15-10(17)9-7-18-11(16-9)8-6-13-3-5-14-8/h3,5-7,12H,2,4H2,1H3,(H,15,17). The van der Waals surface area contributed by atoms with Crippen molar-refractivity contribution in [3.8, 4) is 10.7 Å². The maximum Gasteiger partial charge on any atom is 0.270 e. The van der Waals surface area contributed by atoms with Crippen LogP contribution < -0.4 is 10.6 Å². The molecule has 6 nitrogen and oxygen atoms in total. The molecule has 0 radical (unpaired) electrons. The molecule has 2 heterocycles. The number of likely N-dealkylation sites (N-methyl/N-ethyl adjacent to an activating group) is 1. The van der Waals surface area contributed by atoms with E-state index in [-0.39, 0.29) is 5.91 Å². The average Bonchev–Trinajstić information content (AvgIpc) is 2.89. The van der Waals surface area contributed by atoms with Gasteiger partial charge in [-0.3, -0.25) is 14.8 Å². The number of carbonyl (C=O) groups excluding carboxylic acids is 1. The van der Waals surface area contributed by atoms with Gasteiger partial charge in [-0.15, -0.1) is 11.3 Å². The zero-order chi connectivity index (χ0) is 12.8. The summed E-state index contributed by atoms with van der Waals surface area (Å²) in [6, 6.07) is 0. The fourth-order valence-corrected chi connectivity index (χ4v) is 2.06. The van der Waals surface area contributed by atoms with Gasteiger partial charge in [0.25, 0.3) is 5.91 Å². The summed E-state index contributed by atoms with van der Waals surface area (Å²) in [4.78, 5) is 24.1. The highest BCUT2D eigenvalue weighted by Crippen LogP contribution is 2.20. The first-order valence-corrected chi connectivity index (χ1v) is 6.34. The van der Waals surface area contributed by atoms with E-state index in [9.17, 15) is 4.79 Å². The molecule has 0 bridgehead atoms. The van der Waals surface area contributed by atoms with E-state index in [4.69, 9.17) is 0 Å². The molecule has 18 heavy (non-hydrogen) atoms. The first-order chi connectivity index (χ1) is 8.81. The Morgan fingerprint density at radius 3 is 3.00 bits per heavy atom. The van der Waals surface area contributed by atoms with Gasteiger partial charge < -0.3 is 10.6 Å². The van der Waals surface area contributed by atoms with Gasteiger partial charge in [-0.2, -0.15) is 0 Å². The predicted octanol–water partition coefficient (Wildman–Crippen LogP) is 0.549. The minimum atomic E-state index is -0.170. The summed E-state index contributed by atoms with van der Waals surface area (Å²) in [5, 5.41) is 8.14. The number of aromatic nitrogens is 3. The smallest absolute Gasteiger partial charge is 0.270 e. The Balaban J connectivity index is 2.04.